The lowest BCUT2D eigenvalue weighted by molar-refractivity contribution is 0.0478. The molecule has 2 rings (SSSR count). The fourth-order valence-corrected chi connectivity index (χ4v) is 3.32. The van der Waals surface area contributed by atoms with E-state index in [2.05, 4.69) is 31.9 Å². The Bertz CT molecular complexity index is 559. The lowest BCUT2D eigenvalue weighted by Gasteiger charge is -2.04. The summed E-state index contributed by atoms with van der Waals surface area (Å²) in [5, 5.41) is 0. The number of hydrogen-bond acceptors (Lipinski definition) is 4. The van der Waals surface area contributed by atoms with Gasteiger partial charge in [-0.2, -0.15) is 0 Å². The zero-order chi connectivity index (χ0) is 13.8. The molecule has 0 fully saturated rings. The molecule has 0 saturated carbocycles. The van der Waals surface area contributed by atoms with Crippen LogP contribution in [0, 0.1) is 0 Å². The van der Waals surface area contributed by atoms with Gasteiger partial charge in [-0.1, -0.05) is 12.1 Å². The average molecular weight is 406 g/mol. The Morgan fingerprint density at radius 2 is 1.95 bits per heavy atom. The Labute approximate surface area is 131 Å². The fourth-order valence-electron chi connectivity index (χ4n) is 1.39. The van der Waals surface area contributed by atoms with Gasteiger partial charge in [0.05, 0.1) is 10.9 Å². The van der Waals surface area contributed by atoms with Crippen molar-refractivity contribution >= 4 is 49.2 Å². The number of ether oxygens (including phenoxy) is 2. The van der Waals surface area contributed by atoms with Crippen LogP contribution in [-0.2, 0) is 11.3 Å². The fraction of sp³-hybridized carbons (Fsp3) is 0.154. The number of rotatable bonds is 4. The Morgan fingerprint density at radius 1 is 1.26 bits per heavy atom. The Hall–Kier alpha value is -0.850. The summed E-state index contributed by atoms with van der Waals surface area (Å²) in [5.74, 6) is 0.452. The number of esters is 1. The second-order valence-electron chi connectivity index (χ2n) is 3.66. The van der Waals surface area contributed by atoms with E-state index in [1.165, 1.54) is 11.3 Å². The highest BCUT2D eigenvalue weighted by Gasteiger charge is 2.13. The maximum Gasteiger partial charge on any atom is 0.348 e. The summed E-state index contributed by atoms with van der Waals surface area (Å²) in [7, 11) is 1.61. The van der Waals surface area contributed by atoms with Crippen molar-refractivity contribution in [3.8, 4) is 5.75 Å². The molecule has 1 aromatic heterocycles. The summed E-state index contributed by atoms with van der Waals surface area (Å²) in [5.41, 5.74) is 0.920. The first-order chi connectivity index (χ1) is 9.10. The molecule has 1 heterocycles. The molecule has 0 saturated heterocycles. The van der Waals surface area contributed by atoms with E-state index < -0.39 is 0 Å². The van der Waals surface area contributed by atoms with Crippen LogP contribution in [0.2, 0.25) is 0 Å². The number of methoxy groups -OCH3 is 1. The van der Waals surface area contributed by atoms with E-state index >= 15 is 0 Å². The number of halogens is 2. The van der Waals surface area contributed by atoms with Gasteiger partial charge in [0.2, 0.25) is 0 Å². The SMILES string of the molecule is COc1ccc(COC(=O)c2cc(Br)c(Br)s2)cc1. The molecule has 0 aliphatic carbocycles. The molecule has 3 nitrogen and oxygen atoms in total. The number of hydrogen-bond donors (Lipinski definition) is 0. The molecular formula is C13H10Br2O3S. The third kappa shape index (κ3) is 3.81. The predicted octanol–water partition coefficient (Wildman–Crippen LogP) is 4.64. The maximum absolute atomic E-state index is 11.8. The van der Waals surface area contributed by atoms with E-state index in [1.807, 2.05) is 24.3 Å². The molecule has 0 radical (unpaired) electrons. The van der Waals surface area contributed by atoms with Gasteiger partial charge in [0, 0.05) is 4.47 Å². The molecule has 2 aromatic rings. The van der Waals surface area contributed by atoms with Crippen molar-refractivity contribution in [2.45, 2.75) is 6.61 Å². The first kappa shape index (κ1) is 14.6. The van der Waals surface area contributed by atoms with Crippen LogP contribution >= 0.6 is 43.2 Å². The molecule has 19 heavy (non-hydrogen) atoms. The van der Waals surface area contributed by atoms with Gasteiger partial charge < -0.3 is 9.47 Å². The van der Waals surface area contributed by atoms with Crippen LogP contribution < -0.4 is 4.74 Å². The van der Waals surface area contributed by atoms with Gasteiger partial charge in [-0.15, -0.1) is 11.3 Å². The lowest BCUT2D eigenvalue weighted by atomic mass is 10.2. The monoisotopic (exact) mass is 404 g/mol. The quantitative estimate of drug-likeness (QED) is 0.695. The molecule has 0 aliphatic heterocycles. The first-order valence-corrected chi connectivity index (χ1v) is 7.75. The van der Waals surface area contributed by atoms with Crippen LogP contribution in [0.25, 0.3) is 0 Å². The normalized spacial score (nSPS) is 10.3. The summed E-state index contributed by atoms with van der Waals surface area (Å²) in [4.78, 5) is 12.4. The van der Waals surface area contributed by atoms with Crippen LogP contribution in [-0.4, -0.2) is 13.1 Å². The van der Waals surface area contributed by atoms with Gasteiger partial charge in [0.1, 0.15) is 17.2 Å². The number of carbonyl (C=O) groups excluding carboxylic acids is 1. The molecule has 0 unspecified atom stereocenters. The van der Waals surface area contributed by atoms with Crippen molar-refractivity contribution in [1.29, 1.82) is 0 Å². The molecule has 0 N–H and O–H groups in total. The van der Waals surface area contributed by atoms with Crippen molar-refractivity contribution in [2.75, 3.05) is 7.11 Å². The first-order valence-electron chi connectivity index (χ1n) is 5.35. The number of benzene rings is 1. The zero-order valence-electron chi connectivity index (χ0n) is 9.98. The summed E-state index contributed by atoms with van der Waals surface area (Å²) in [6.45, 7) is 0.246. The van der Waals surface area contributed by atoms with E-state index in [0.29, 0.717) is 4.88 Å². The zero-order valence-corrected chi connectivity index (χ0v) is 14.0. The van der Waals surface area contributed by atoms with Crippen LogP contribution in [0.5, 0.6) is 5.75 Å². The number of carbonyl (C=O) groups is 1. The summed E-state index contributed by atoms with van der Waals surface area (Å²) >= 11 is 8.02. The van der Waals surface area contributed by atoms with Crippen LogP contribution in [0.1, 0.15) is 15.2 Å². The third-order valence-corrected chi connectivity index (χ3v) is 5.61. The Balaban J connectivity index is 1.96. The maximum atomic E-state index is 11.8. The average Bonchev–Trinajstić information content (AvgIpc) is 2.77. The Kier molecular flexibility index (Phi) is 5.01. The second kappa shape index (κ2) is 6.54. The highest BCUT2D eigenvalue weighted by molar-refractivity contribution is 9.13. The predicted molar refractivity (Wildman–Crippen MR) is 81.8 cm³/mol. The topological polar surface area (TPSA) is 35.5 Å². The smallest absolute Gasteiger partial charge is 0.348 e. The van der Waals surface area contributed by atoms with E-state index in [1.54, 1.807) is 13.2 Å². The van der Waals surface area contributed by atoms with Crippen LogP contribution in [0.4, 0.5) is 0 Å². The van der Waals surface area contributed by atoms with Crippen molar-refractivity contribution in [2.24, 2.45) is 0 Å². The molecule has 6 heteroatoms. The standard InChI is InChI=1S/C13H10Br2O3S/c1-17-9-4-2-8(3-5-9)7-18-13(16)11-6-10(14)12(15)19-11/h2-6H,7H2,1H3. The third-order valence-electron chi connectivity index (χ3n) is 2.38. The Morgan fingerprint density at radius 3 is 2.47 bits per heavy atom. The molecule has 1 aromatic carbocycles. The summed E-state index contributed by atoms with van der Waals surface area (Å²) in [6.07, 6.45) is 0. The molecular weight excluding hydrogens is 396 g/mol. The second-order valence-corrected chi connectivity index (χ2v) is 6.88. The van der Waals surface area contributed by atoms with E-state index in [9.17, 15) is 4.79 Å². The highest BCUT2D eigenvalue weighted by atomic mass is 79.9. The van der Waals surface area contributed by atoms with Crippen molar-refractivity contribution in [3.05, 3.63) is 49.0 Å². The van der Waals surface area contributed by atoms with E-state index in [0.717, 1.165) is 19.6 Å². The molecule has 0 spiro atoms. The molecule has 100 valence electrons. The minimum atomic E-state index is -0.327. The minimum absolute atomic E-state index is 0.246. The molecule has 0 aliphatic rings. The van der Waals surface area contributed by atoms with Gasteiger partial charge in [0.25, 0.3) is 0 Å². The van der Waals surface area contributed by atoms with Gasteiger partial charge in [-0.25, -0.2) is 4.79 Å². The lowest BCUT2D eigenvalue weighted by Crippen LogP contribution is -2.03. The molecule has 0 amide bonds. The number of thiophene rings is 1. The van der Waals surface area contributed by atoms with E-state index in [4.69, 9.17) is 9.47 Å². The van der Waals surface area contributed by atoms with Gasteiger partial charge in [-0.3, -0.25) is 0 Å². The van der Waals surface area contributed by atoms with Gasteiger partial charge >= 0.3 is 5.97 Å². The summed E-state index contributed by atoms with van der Waals surface area (Å²) < 4.78 is 12.0. The summed E-state index contributed by atoms with van der Waals surface area (Å²) in [6, 6.07) is 9.15. The molecule has 0 bridgehead atoms. The minimum Gasteiger partial charge on any atom is -0.497 e. The van der Waals surface area contributed by atoms with Gasteiger partial charge in [-0.05, 0) is 55.6 Å². The van der Waals surface area contributed by atoms with Gasteiger partial charge in [0.15, 0.2) is 0 Å². The van der Waals surface area contributed by atoms with Crippen LogP contribution in [0.15, 0.2) is 38.6 Å². The molecule has 0 atom stereocenters. The highest BCUT2D eigenvalue weighted by Crippen LogP contribution is 2.32. The van der Waals surface area contributed by atoms with Crippen molar-refractivity contribution in [1.82, 2.24) is 0 Å². The van der Waals surface area contributed by atoms with Crippen LogP contribution in [0.3, 0.4) is 0 Å². The largest absolute Gasteiger partial charge is 0.497 e. The van der Waals surface area contributed by atoms with Crippen molar-refractivity contribution < 1.29 is 14.3 Å². The van der Waals surface area contributed by atoms with Crippen molar-refractivity contribution in [3.63, 3.8) is 0 Å². The van der Waals surface area contributed by atoms with E-state index in [-0.39, 0.29) is 12.6 Å².